The SMILES string of the molecule is COC(=O)C1=C(C(=O)OC)N(c2ccc(C)cc2)C2=C(C(=O)CC(C)(C)C2)C1c1ccccc1. The third-order valence-electron chi connectivity index (χ3n) is 6.43. The Morgan fingerprint density at radius 2 is 1.53 bits per heavy atom. The van der Waals surface area contributed by atoms with Crippen LogP contribution in [0.1, 0.15) is 43.7 Å². The fraction of sp³-hybridized carbons (Fsp3) is 0.321. The minimum absolute atomic E-state index is 0.0393. The molecule has 176 valence electrons. The molecule has 0 N–H and O–H groups in total. The average molecular weight is 460 g/mol. The standard InChI is InChI=1S/C28H29NO5/c1-17-11-13-19(14-12-17)29-20-15-28(2,3)16-21(30)23(20)22(18-9-7-6-8-10-18)24(26(31)33-4)25(29)27(32)34-5/h6-14,22H,15-16H2,1-5H3. The molecule has 1 aliphatic heterocycles. The van der Waals surface area contributed by atoms with Gasteiger partial charge in [-0.15, -0.1) is 0 Å². The Morgan fingerprint density at radius 3 is 2.12 bits per heavy atom. The first-order valence-electron chi connectivity index (χ1n) is 11.3. The molecule has 2 aromatic rings. The minimum atomic E-state index is -0.733. The normalized spacial score (nSPS) is 19.6. The number of carbonyl (C=O) groups is 3. The summed E-state index contributed by atoms with van der Waals surface area (Å²) in [5.41, 5.74) is 3.58. The van der Waals surface area contributed by atoms with Crippen LogP contribution in [0.25, 0.3) is 0 Å². The second kappa shape index (κ2) is 8.93. The predicted molar refractivity (Wildman–Crippen MR) is 129 cm³/mol. The fourth-order valence-corrected chi connectivity index (χ4v) is 4.95. The third-order valence-corrected chi connectivity index (χ3v) is 6.43. The maximum absolute atomic E-state index is 13.7. The first-order valence-corrected chi connectivity index (χ1v) is 11.3. The van der Waals surface area contributed by atoms with E-state index in [-0.39, 0.29) is 22.5 Å². The number of methoxy groups -OCH3 is 2. The van der Waals surface area contributed by atoms with Gasteiger partial charge >= 0.3 is 11.9 Å². The first-order chi connectivity index (χ1) is 16.2. The lowest BCUT2D eigenvalue weighted by atomic mass is 9.68. The molecule has 1 atom stereocenters. The van der Waals surface area contributed by atoms with Crippen LogP contribution in [0.4, 0.5) is 5.69 Å². The number of anilines is 1. The topological polar surface area (TPSA) is 72.9 Å². The van der Waals surface area contributed by atoms with E-state index in [0.717, 1.165) is 11.1 Å². The molecule has 0 saturated heterocycles. The number of ketones is 1. The highest BCUT2D eigenvalue weighted by molar-refractivity contribution is 6.11. The van der Waals surface area contributed by atoms with Crippen LogP contribution in [0.3, 0.4) is 0 Å². The smallest absolute Gasteiger partial charge is 0.355 e. The molecule has 0 radical (unpaired) electrons. The van der Waals surface area contributed by atoms with Gasteiger partial charge in [0.1, 0.15) is 5.70 Å². The van der Waals surface area contributed by atoms with Gasteiger partial charge in [0.2, 0.25) is 0 Å². The van der Waals surface area contributed by atoms with E-state index in [4.69, 9.17) is 9.47 Å². The summed E-state index contributed by atoms with van der Waals surface area (Å²) in [4.78, 5) is 42.0. The van der Waals surface area contributed by atoms with Gasteiger partial charge in [-0.25, -0.2) is 9.59 Å². The van der Waals surface area contributed by atoms with Gasteiger partial charge < -0.3 is 14.4 Å². The van der Waals surface area contributed by atoms with Crippen LogP contribution in [-0.2, 0) is 23.9 Å². The van der Waals surface area contributed by atoms with Crippen LogP contribution in [-0.4, -0.2) is 31.9 Å². The number of Topliss-reactive ketones (excluding diaryl/α,β-unsaturated/α-hetero) is 1. The van der Waals surface area contributed by atoms with Gasteiger partial charge in [-0.05, 0) is 36.5 Å². The Morgan fingerprint density at radius 1 is 0.912 bits per heavy atom. The number of aryl methyl sites for hydroxylation is 1. The highest BCUT2D eigenvalue weighted by Gasteiger charge is 2.48. The summed E-state index contributed by atoms with van der Waals surface area (Å²) in [7, 11) is 2.56. The van der Waals surface area contributed by atoms with Crippen molar-refractivity contribution in [3.63, 3.8) is 0 Å². The Kier molecular flexibility index (Phi) is 6.17. The Balaban J connectivity index is 2.12. The highest BCUT2D eigenvalue weighted by atomic mass is 16.5. The van der Waals surface area contributed by atoms with E-state index in [1.807, 2.05) is 75.4 Å². The molecular weight excluding hydrogens is 430 g/mol. The molecule has 6 nitrogen and oxygen atoms in total. The van der Waals surface area contributed by atoms with Gasteiger partial charge in [0.15, 0.2) is 5.78 Å². The summed E-state index contributed by atoms with van der Waals surface area (Å²) in [6.07, 6.45) is 0.902. The molecule has 1 heterocycles. The number of hydrogen-bond donors (Lipinski definition) is 0. The second-order valence-electron chi connectivity index (χ2n) is 9.56. The van der Waals surface area contributed by atoms with E-state index >= 15 is 0 Å². The summed E-state index contributed by atoms with van der Waals surface area (Å²) in [5.74, 6) is -2.11. The molecule has 0 spiro atoms. The lowest BCUT2D eigenvalue weighted by Gasteiger charge is -2.44. The molecule has 4 rings (SSSR count). The van der Waals surface area contributed by atoms with E-state index in [9.17, 15) is 14.4 Å². The molecule has 6 heteroatoms. The zero-order valence-corrected chi connectivity index (χ0v) is 20.2. The van der Waals surface area contributed by atoms with Crippen LogP contribution in [0.5, 0.6) is 0 Å². The van der Waals surface area contributed by atoms with Crippen molar-refractivity contribution in [1.82, 2.24) is 0 Å². The molecule has 0 amide bonds. The second-order valence-corrected chi connectivity index (χ2v) is 9.56. The molecule has 34 heavy (non-hydrogen) atoms. The minimum Gasteiger partial charge on any atom is -0.466 e. The zero-order valence-electron chi connectivity index (χ0n) is 20.2. The number of esters is 2. The number of allylic oxidation sites excluding steroid dienone is 2. The Labute approximate surface area is 199 Å². The fourth-order valence-electron chi connectivity index (χ4n) is 4.95. The van der Waals surface area contributed by atoms with Gasteiger partial charge in [-0.1, -0.05) is 61.9 Å². The van der Waals surface area contributed by atoms with Gasteiger partial charge in [0.25, 0.3) is 0 Å². The molecule has 0 fully saturated rings. The predicted octanol–water partition coefficient (Wildman–Crippen LogP) is 4.84. The first kappa shape index (κ1) is 23.5. The molecule has 2 aromatic carbocycles. The van der Waals surface area contributed by atoms with E-state index < -0.39 is 17.9 Å². The molecule has 2 aliphatic rings. The van der Waals surface area contributed by atoms with Crippen molar-refractivity contribution in [2.24, 2.45) is 5.41 Å². The number of benzene rings is 2. The summed E-state index contributed by atoms with van der Waals surface area (Å²) >= 11 is 0. The van der Waals surface area contributed by atoms with Crippen molar-refractivity contribution in [2.75, 3.05) is 19.1 Å². The molecule has 1 aliphatic carbocycles. The van der Waals surface area contributed by atoms with Crippen molar-refractivity contribution < 1.29 is 23.9 Å². The lowest BCUT2D eigenvalue weighted by Crippen LogP contribution is -2.43. The van der Waals surface area contributed by atoms with Crippen LogP contribution in [0.15, 0.2) is 77.1 Å². The highest BCUT2D eigenvalue weighted by Crippen LogP contribution is 2.51. The van der Waals surface area contributed by atoms with E-state index in [1.54, 1.807) is 4.90 Å². The molecule has 0 saturated carbocycles. The molecule has 0 aromatic heterocycles. The zero-order chi connectivity index (χ0) is 24.6. The van der Waals surface area contributed by atoms with Crippen molar-refractivity contribution in [3.8, 4) is 0 Å². The summed E-state index contributed by atoms with van der Waals surface area (Å²) in [6.45, 7) is 6.05. The van der Waals surface area contributed by atoms with Crippen LogP contribution < -0.4 is 4.90 Å². The van der Waals surface area contributed by atoms with Crippen LogP contribution in [0, 0.1) is 12.3 Å². The Hall–Kier alpha value is -3.67. The van der Waals surface area contributed by atoms with Crippen molar-refractivity contribution in [1.29, 1.82) is 0 Å². The lowest BCUT2D eigenvalue weighted by molar-refractivity contribution is -0.139. The van der Waals surface area contributed by atoms with Crippen LogP contribution in [0.2, 0.25) is 0 Å². The van der Waals surface area contributed by atoms with E-state index in [1.165, 1.54) is 14.2 Å². The monoisotopic (exact) mass is 459 g/mol. The number of carbonyl (C=O) groups excluding carboxylic acids is 3. The quantitative estimate of drug-likeness (QED) is 0.609. The molecular formula is C28H29NO5. The van der Waals surface area contributed by atoms with Gasteiger partial charge in [-0.2, -0.15) is 0 Å². The number of nitrogens with zero attached hydrogens (tertiary/aromatic N) is 1. The number of rotatable bonds is 4. The Bertz CT molecular complexity index is 1210. The number of ether oxygens (including phenoxy) is 2. The van der Waals surface area contributed by atoms with Gasteiger partial charge in [0.05, 0.1) is 19.8 Å². The van der Waals surface area contributed by atoms with Crippen molar-refractivity contribution in [3.05, 3.63) is 88.3 Å². The third kappa shape index (κ3) is 4.04. The summed E-state index contributed by atoms with van der Waals surface area (Å²) < 4.78 is 10.3. The molecule has 1 unspecified atom stereocenters. The maximum atomic E-state index is 13.7. The van der Waals surface area contributed by atoms with Gasteiger partial charge in [0, 0.05) is 29.3 Å². The largest absolute Gasteiger partial charge is 0.466 e. The molecule has 0 bridgehead atoms. The summed E-state index contributed by atoms with van der Waals surface area (Å²) in [6, 6.07) is 16.9. The number of hydrogen-bond acceptors (Lipinski definition) is 6. The van der Waals surface area contributed by atoms with Crippen LogP contribution >= 0.6 is 0 Å². The maximum Gasteiger partial charge on any atom is 0.355 e. The average Bonchev–Trinajstić information content (AvgIpc) is 2.82. The van der Waals surface area contributed by atoms with Crippen molar-refractivity contribution >= 4 is 23.4 Å². The van der Waals surface area contributed by atoms with E-state index in [0.29, 0.717) is 29.8 Å². The van der Waals surface area contributed by atoms with E-state index in [2.05, 4.69) is 0 Å². The van der Waals surface area contributed by atoms with Crippen molar-refractivity contribution in [2.45, 2.75) is 39.5 Å². The van der Waals surface area contributed by atoms with Gasteiger partial charge in [-0.3, -0.25) is 4.79 Å². The summed E-state index contributed by atoms with van der Waals surface area (Å²) in [5, 5.41) is 0.